The molecule has 0 aromatic heterocycles. The number of nitrogens with zero attached hydrogens (tertiary/aromatic N) is 2. The molecule has 58 valence electrons. The van der Waals surface area contributed by atoms with Crippen molar-refractivity contribution in [3.63, 3.8) is 0 Å². The maximum Gasteiger partial charge on any atom is 0.133 e. The smallest absolute Gasteiger partial charge is 0.133 e. The predicted molar refractivity (Wildman–Crippen MR) is 40.0 cm³/mol. The molecular weight excluding hydrogens is 128 g/mol. The van der Waals surface area contributed by atoms with Crippen molar-refractivity contribution < 1.29 is 8.91 Å². The molecule has 1 rings (SSSR count). The first-order valence-electron chi connectivity index (χ1n) is 4.95. The molecule has 1 fully saturated rings. The number of hydrogen-bond acceptors (Lipinski definition) is 3. The minimum absolute atomic E-state index is 0.412. The van der Waals surface area contributed by atoms with Crippen LogP contribution in [0.25, 0.3) is 0 Å². The van der Waals surface area contributed by atoms with Crippen molar-refractivity contribution in [1.82, 2.24) is 9.80 Å². The van der Waals surface area contributed by atoms with Gasteiger partial charge in [-0.1, -0.05) is 0 Å². The zero-order valence-electron chi connectivity index (χ0n) is 8.92. The Bertz CT molecular complexity index is 175. The molecule has 0 bridgehead atoms. The van der Waals surface area contributed by atoms with Crippen LogP contribution in [0.1, 0.15) is 4.11 Å². The highest BCUT2D eigenvalue weighted by Gasteiger charge is 2.11. The number of aldehydes is 1. The summed E-state index contributed by atoms with van der Waals surface area (Å²) in [4.78, 5) is 13.6. The van der Waals surface area contributed by atoms with Crippen LogP contribution in [0.15, 0.2) is 0 Å². The van der Waals surface area contributed by atoms with Gasteiger partial charge >= 0.3 is 0 Å². The van der Waals surface area contributed by atoms with Crippen LogP contribution in [0.2, 0.25) is 0 Å². The number of likely N-dealkylation sites (N-methyl/N-ethyl adjacent to an activating group) is 1. The van der Waals surface area contributed by atoms with E-state index in [4.69, 9.17) is 4.11 Å². The van der Waals surface area contributed by atoms with Gasteiger partial charge in [0.2, 0.25) is 0 Å². The van der Waals surface area contributed by atoms with Crippen molar-refractivity contribution in [2.24, 2.45) is 0 Å². The molecule has 0 radical (unpaired) electrons. The van der Waals surface area contributed by atoms with Crippen molar-refractivity contribution >= 4 is 6.29 Å². The number of carbonyl (C=O) groups excluding carboxylic acids is 1. The van der Waals surface area contributed by atoms with Gasteiger partial charge in [-0.2, -0.15) is 0 Å². The summed E-state index contributed by atoms with van der Waals surface area (Å²) in [7, 11) is 0. The minimum Gasteiger partial charge on any atom is -0.304 e. The maximum atomic E-state index is 10.2. The molecule has 0 aromatic carbocycles. The lowest BCUT2D eigenvalue weighted by Crippen LogP contribution is -2.44. The summed E-state index contributed by atoms with van der Waals surface area (Å²) < 4.78 is 21.5. The molecule has 3 heteroatoms. The first-order chi connectivity index (χ1) is 6.04. The van der Waals surface area contributed by atoms with Gasteiger partial charge in [0, 0.05) is 30.3 Å². The molecular formula is C7H14N2O. The summed E-state index contributed by atoms with van der Waals surface area (Å²) in [5.74, 6) is 0. The second-order valence-corrected chi connectivity index (χ2v) is 2.45. The molecule has 0 N–H and O–H groups in total. The van der Waals surface area contributed by atoms with E-state index in [-0.39, 0.29) is 0 Å². The second-order valence-electron chi connectivity index (χ2n) is 2.45. The van der Waals surface area contributed by atoms with Crippen LogP contribution in [-0.2, 0) is 4.79 Å². The van der Waals surface area contributed by atoms with E-state index in [1.165, 1.54) is 4.90 Å². The second kappa shape index (κ2) is 3.68. The Hall–Kier alpha value is -0.410. The first kappa shape index (κ1) is 4.46. The fraction of sp³-hybridized carbons (Fsp3) is 0.857. The molecule has 1 saturated heterocycles. The van der Waals surface area contributed by atoms with E-state index < -0.39 is 6.98 Å². The van der Waals surface area contributed by atoms with Gasteiger partial charge in [0.1, 0.15) is 6.29 Å². The Labute approximate surface area is 65.8 Å². The van der Waals surface area contributed by atoms with Gasteiger partial charge < -0.3 is 9.69 Å². The lowest BCUT2D eigenvalue weighted by Gasteiger charge is -2.30. The first-order valence-corrected chi connectivity index (χ1v) is 3.45. The molecule has 0 spiro atoms. The molecule has 0 aliphatic carbocycles. The number of rotatable bonds is 2. The molecule has 0 amide bonds. The van der Waals surface area contributed by atoms with E-state index in [0.29, 0.717) is 32.7 Å². The number of carbonyl (C=O) groups is 1. The minimum atomic E-state index is -1.98. The summed E-state index contributed by atoms with van der Waals surface area (Å²) >= 11 is 0. The topological polar surface area (TPSA) is 23.6 Å². The third-order valence-electron chi connectivity index (χ3n) is 1.71. The van der Waals surface area contributed by atoms with Crippen LogP contribution in [0.5, 0.6) is 0 Å². The molecule has 0 atom stereocenters. The Morgan fingerprint density at radius 3 is 2.70 bits per heavy atom. The molecule has 0 unspecified atom stereocenters. The monoisotopic (exact) mass is 145 g/mol. The summed E-state index contributed by atoms with van der Waals surface area (Å²) in [6, 6.07) is 0. The third-order valence-corrected chi connectivity index (χ3v) is 1.71. The molecule has 0 aromatic rings. The fourth-order valence-corrected chi connectivity index (χ4v) is 1.04. The van der Waals surface area contributed by atoms with E-state index in [9.17, 15) is 4.79 Å². The highest BCUT2D eigenvalue weighted by atomic mass is 16.1. The van der Waals surface area contributed by atoms with E-state index in [1.807, 2.05) is 4.90 Å². The zero-order valence-corrected chi connectivity index (χ0v) is 5.92. The molecule has 3 nitrogen and oxygen atoms in total. The summed E-state index contributed by atoms with van der Waals surface area (Å²) in [5, 5.41) is 0. The lowest BCUT2D eigenvalue weighted by molar-refractivity contribution is -0.109. The van der Waals surface area contributed by atoms with E-state index in [0.717, 1.165) is 6.29 Å². The normalized spacial score (nSPS) is 28.6. The van der Waals surface area contributed by atoms with Gasteiger partial charge in [-0.05, 0) is 6.98 Å². The Morgan fingerprint density at radius 1 is 1.50 bits per heavy atom. The quantitative estimate of drug-likeness (QED) is 0.486. The third kappa shape index (κ3) is 2.08. The van der Waals surface area contributed by atoms with Gasteiger partial charge in [-0.3, -0.25) is 4.90 Å². The van der Waals surface area contributed by atoms with Crippen molar-refractivity contribution in [1.29, 1.82) is 0 Å². The largest absolute Gasteiger partial charge is 0.304 e. The molecule has 0 saturated carbocycles. The Morgan fingerprint density at radius 2 is 2.20 bits per heavy atom. The lowest BCUT2D eigenvalue weighted by atomic mass is 10.3. The van der Waals surface area contributed by atoms with Crippen LogP contribution in [0, 0.1) is 0 Å². The molecule has 10 heavy (non-hydrogen) atoms. The van der Waals surface area contributed by atoms with Crippen molar-refractivity contribution in [3.05, 3.63) is 0 Å². The Balaban J connectivity index is 2.34. The van der Waals surface area contributed by atoms with Gasteiger partial charge in [-0.25, -0.2) is 0 Å². The highest BCUT2D eigenvalue weighted by molar-refractivity contribution is 5.51. The average molecular weight is 145 g/mol. The maximum absolute atomic E-state index is 10.2. The molecule has 1 aliphatic rings. The Kier molecular flexibility index (Phi) is 1.64. The van der Waals surface area contributed by atoms with Crippen molar-refractivity contribution in [3.8, 4) is 0 Å². The molecule has 1 heterocycles. The van der Waals surface area contributed by atoms with Crippen LogP contribution in [0.4, 0.5) is 0 Å². The standard InChI is InChI=1S/C7H14N2O/c1-8-2-4-9(5-3-8)6-7-10/h7H,2-6H2,1H3/i1D3. The van der Waals surface area contributed by atoms with Gasteiger partial charge in [0.15, 0.2) is 0 Å². The van der Waals surface area contributed by atoms with Crippen molar-refractivity contribution in [2.45, 2.75) is 0 Å². The number of hydrogen-bond donors (Lipinski definition) is 0. The van der Waals surface area contributed by atoms with Crippen molar-refractivity contribution in [2.75, 3.05) is 39.7 Å². The van der Waals surface area contributed by atoms with Crippen LogP contribution in [0.3, 0.4) is 0 Å². The van der Waals surface area contributed by atoms with Crippen LogP contribution < -0.4 is 0 Å². The highest BCUT2D eigenvalue weighted by Crippen LogP contribution is 1.96. The van der Waals surface area contributed by atoms with Gasteiger partial charge in [-0.15, -0.1) is 0 Å². The summed E-state index contributed by atoms with van der Waals surface area (Å²) in [6.45, 7) is 0.797. The van der Waals surface area contributed by atoms with Gasteiger partial charge in [0.25, 0.3) is 0 Å². The zero-order chi connectivity index (χ0) is 9.90. The van der Waals surface area contributed by atoms with Gasteiger partial charge in [0.05, 0.1) is 6.54 Å². The van der Waals surface area contributed by atoms with Crippen LogP contribution in [-0.4, -0.2) is 55.8 Å². The predicted octanol–water partition coefficient (Wildman–Crippen LogP) is -0.567. The molecule has 1 aliphatic heterocycles. The summed E-state index contributed by atoms with van der Waals surface area (Å²) in [5.41, 5.74) is 0. The average Bonchev–Trinajstić information content (AvgIpc) is 2.04. The van der Waals surface area contributed by atoms with E-state index in [2.05, 4.69) is 0 Å². The van der Waals surface area contributed by atoms with E-state index >= 15 is 0 Å². The van der Waals surface area contributed by atoms with E-state index in [1.54, 1.807) is 0 Å². The fourth-order valence-electron chi connectivity index (χ4n) is 1.04. The SMILES string of the molecule is [2H]C([2H])([2H])N1CCN(CC=O)CC1. The van der Waals surface area contributed by atoms with Crippen LogP contribution >= 0.6 is 0 Å². The summed E-state index contributed by atoms with van der Waals surface area (Å²) in [6.07, 6.45) is 0.852. The number of piperazine rings is 1.